The molecule has 0 radical (unpaired) electrons. The summed E-state index contributed by atoms with van der Waals surface area (Å²) in [4.78, 5) is 5.56. The quantitative estimate of drug-likeness (QED) is 0.771. The fourth-order valence-corrected chi connectivity index (χ4v) is 2.93. The van der Waals surface area contributed by atoms with Gasteiger partial charge in [-0.15, -0.1) is 22.9 Å². The number of hydrogen-bond donors (Lipinski definition) is 0. The first kappa shape index (κ1) is 10.3. The summed E-state index contributed by atoms with van der Waals surface area (Å²) in [5.41, 5.74) is 2.05. The lowest BCUT2D eigenvalue weighted by molar-refractivity contribution is 0.00487. The van der Waals surface area contributed by atoms with Crippen LogP contribution in [-0.4, -0.2) is 9.55 Å². The van der Waals surface area contributed by atoms with Crippen LogP contribution < -0.4 is 0 Å². The van der Waals surface area contributed by atoms with Crippen molar-refractivity contribution in [1.29, 1.82) is 0 Å². The van der Waals surface area contributed by atoms with Gasteiger partial charge in [0.25, 0.3) is 0 Å². The molecule has 0 spiro atoms. The van der Waals surface area contributed by atoms with Crippen LogP contribution in [0.1, 0.15) is 22.4 Å². The minimum atomic E-state index is 0.157. The van der Waals surface area contributed by atoms with Crippen LogP contribution in [0.5, 0.6) is 0 Å². The highest BCUT2D eigenvalue weighted by atomic mass is 35.5. The third-order valence-electron chi connectivity index (χ3n) is 2.80. The minimum absolute atomic E-state index is 0.157. The second kappa shape index (κ2) is 4.20. The van der Waals surface area contributed by atoms with Crippen molar-refractivity contribution >= 4 is 22.9 Å². The molecule has 0 saturated carbocycles. The first-order chi connectivity index (χ1) is 7.88. The predicted octanol–water partition coefficient (Wildman–Crippen LogP) is 2.95. The lowest BCUT2D eigenvalue weighted by Crippen LogP contribution is -2.20. The van der Waals surface area contributed by atoms with Gasteiger partial charge < -0.3 is 9.30 Å². The van der Waals surface area contributed by atoms with E-state index in [1.54, 1.807) is 11.3 Å². The smallest absolute Gasteiger partial charge is 0.110 e. The van der Waals surface area contributed by atoms with E-state index in [1.165, 1.54) is 4.88 Å². The second-order valence-electron chi connectivity index (χ2n) is 3.74. The van der Waals surface area contributed by atoms with Crippen molar-refractivity contribution in [3.05, 3.63) is 40.1 Å². The molecule has 2 aromatic heterocycles. The fraction of sp³-hybridized carbons (Fsp3) is 0.364. The van der Waals surface area contributed by atoms with Gasteiger partial charge in [-0.05, 0) is 11.4 Å². The first-order valence-corrected chi connectivity index (χ1v) is 6.53. The van der Waals surface area contributed by atoms with Gasteiger partial charge in [0.15, 0.2) is 0 Å². The van der Waals surface area contributed by atoms with Crippen molar-refractivity contribution in [2.45, 2.75) is 25.1 Å². The molecule has 84 valence electrons. The number of fused-ring (bicyclic) bond motifs is 1. The Bertz CT molecular complexity index is 480. The summed E-state index contributed by atoms with van der Waals surface area (Å²) < 4.78 is 7.99. The number of alkyl halides is 1. The maximum atomic E-state index is 5.84. The summed E-state index contributed by atoms with van der Waals surface area (Å²) in [5, 5.41) is 2.08. The van der Waals surface area contributed by atoms with Crippen molar-refractivity contribution in [1.82, 2.24) is 9.55 Å². The molecule has 3 heterocycles. The molecule has 0 aliphatic carbocycles. The molecule has 1 atom stereocenters. The normalized spacial score (nSPS) is 19.7. The van der Waals surface area contributed by atoms with Crippen molar-refractivity contribution < 1.29 is 4.74 Å². The Morgan fingerprint density at radius 2 is 2.56 bits per heavy atom. The Balaban J connectivity index is 1.87. The lowest BCUT2D eigenvalue weighted by Gasteiger charge is -2.24. The summed E-state index contributed by atoms with van der Waals surface area (Å²) in [5.74, 6) is 0.454. The number of aromatic nitrogens is 2. The van der Waals surface area contributed by atoms with Gasteiger partial charge in [-0.2, -0.15) is 0 Å². The van der Waals surface area contributed by atoms with E-state index in [2.05, 4.69) is 27.1 Å². The molecule has 5 heteroatoms. The highest BCUT2D eigenvalue weighted by Gasteiger charge is 2.23. The second-order valence-corrected chi connectivity index (χ2v) is 4.99. The summed E-state index contributed by atoms with van der Waals surface area (Å²) in [6.07, 6.45) is 2.01. The van der Waals surface area contributed by atoms with Crippen LogP contribution in [0.4, 0.5) is 0 Å². The molecular formula is C11H11ClN2OS. The Labute approximate surface area is 103 Å². The monoisotopic (exact) mass is 254 g/mol. The highest BCUT2D eigenvalue weighted by molar-refractivity contribution is 7.10. The average Bonchev–Trinajstić information content (AvgIpc) is 2.97. The molecule has 16 heavy (non-hydrogen) atoms. The Morgan fingerprint density at radius 1 is 1.62 bits per heavy atom. The fourth-order valence-electron chi connectivity index (χ4n) is 1.94. The number of nitrogens with zero attached hydrogens (tertiary/aromatic N) is 2. The number of ether oxygens (including phenoxy) is 1. The molecule has 0 bridgehead atoms. The summed E-state index contributed by atoms with van der Waals surface area (Å²) in [7, 11) is 0. The van der Waals surface area contributed by atoms with Gasteiger partial charge >= 0.3 is 0 Å². The predicted molar refractivity (Wildman–Crippen MR) is 63.6 cm³/mol. The van der Waals surface area contributed by atoms with Crippen molar-refractivity contribution in [3.63, 3.8) is 0 Å². The van der Waals surface area contributed by atoms with Crippen LogP contribution in [-0.2, 0) is 23.8 Å². The molecular weight excluding hydrogens is 244 g/mol. The van der Waals surface area contributed by atoms with Crippen LogP contribution in [0.3, 0.4) is 0 Å². The summed E-state index contributed by atoms with van der Waals surface area (Å²) in [6, 6.07) is 4.16. The summed E-state index contributed by atoms with van der Waals surface area (Å²) >= 11 is 7.54. The minimum Gasteiger partial charge on any atom is -0.365 e. The molecule has 1 aliphatic rings. The lowest BCUT2D eigenvalue weighted by atomic mass is 10.2. The molecule has 0 aromatic carbocycles. The topological polar surface area (TPSA) is 27.1 Å². The van der Waals surface area contributed by atoms with Gasteiger partial charge in [-0.25, -0.2) is 4.98 Å². The van der Waals surface area contributed by atoms with E-state index in [0.717, 1.165) is 17.9 Å². The van der Waals surface area contributed by atoms with Gasteiger partial charge in [0.05, 0.1) is 36.7 Å². The maximum absolute atomic E-state index is 5.84. The van der Waals surface area contributed by atoms with E-state index in [1.807, 2.05) is 6.33 Å². The Morgan fingerprint density at radius 3 is 3.31 bits per heavy atom. The molecule has 0 amide bonds. The van der Waals surface area contributed by atoms with Crippen molar-refractivity contribution in [2.24, 2.45) is 0 Å². The highest BCUT2D eigenvalue weighted by Crippen LogP contribution is 2.30. The van der Waals surface area contributed by atoms with Gasteiger partial charge in [0.2, 0.25) is 0 Å². The van der Waals surface area contributed by atoms with E-state index in [9.17, 15) is 0 Å². The van der Waals surface area contributed by atoms with Crippen LogP contribution in [0.2, 0.25) is 0 Å². The SMILES string of the molecule is ClCc1ncn2c1CO[C@H](c1cccs1)C2. The zero-order valence-electron chi connectivity index (χ0n) is 8.60. The van der Waals surface area contributed by atoms with Crippen molar-refractivity contribution in [3.8, 4) is 0 Å². The van der Waals surface area contributed by atoms with E-state index >= 15 is 0 Å². The number of imidazole rings is 1. The number of thiophene rings is 1. The zero-order valence-corrected chi connectivity index (χ0v) is 10.2. The van der Waals surface area contributed by atoms with E-state index < -0.39 is 0 Å². The van der Waals surface area contributed by atoms with Crippen LogP contribution in [0.15, 0.2) is 23.8 Å². The van der Waals surface area contributed by atoms with Gasteiger partial charge in [0, 0.05) is 4.88 Å². The standard InChI is InChI=1S/C11H11ClN2OS/c12-4-8-9-6-15-10(5-14(9)7-13-8)11-2-1-3-16-11/h1-3,7,10H,4-6H2/t10-/m0/s1. The van der Waals surface area contributed by atoms with E-state index in [4.69, 9.17) is 16.3 Å². The molecule has 0 N–H and O–H groups in total. The Hall–Kier alpha value is -0.840. The van der Waals surface area contributed by atoms with E-state index in [0.29, 0.717) is 12.5 Å². The van der Waals surface area contributed by atoms with Gasteiger partial charge in [-0.3, -0.25) is 0 Å². The molecule has 0 saturated heterocycles. The number of rotatable bonds is 2. The first-order valence-electron chi connectivity index (χ1n) is 5.12. The largest absolute Gasteiger partial charge is 0.365 e. The molecule has 3 rings (SSSR count). The molecule has 0 fully saturated rings. The van der Waals surface area contributed by atoms with Gasteiger partial charge in [0.1, 0.15) is 6.10 Å². The molecule has 1 aliphatic heterocycles. The summed E-state index contributed by atoms with van der Waals surface area (Å²) in [6.45, 7) is 1.43. The van der Waals surface area contributed by atoms with Crippen LogP contribution in [0, 0.1) is 0 Å². The third-order valence-corrected chi connectivity index (χ3v) is 4.02. The Kier molecular flexibility index (Phi) is 2.71. The molecule has 0 unspecified atom stereocenters. The zero-order chi connectivity index (χ0) is 11.0. The maximum Gasteiger partial charge on any atom is 0.110 e. The van der Waals surface area contributed by atoms with Crippen LogP contribution >= 0.6 is 22.9 Å². The number of halogens is 1. The van der Waals surface area contributed by atoms with Gasteiger partial charge in [-0.1, -0.05) is 6.07 Å². The van der Waals surface area contributed by atoms with Crippen LogP contribution in [0.25, 0.3) is 0 Å². The third kappa shape index (κ3) is 1.67. The number of hydrogen-bond acceptors (Lipinski definition) is 3. The molecule has 3 nitrogen and oxygen atoms in total. The average molecular weight is 255 g/mol. The molecule has 2 aromatic rings. The van der Waals surface area contributed by atoms with Crippen molar-refractivity contribution in [2.75, 3.05) is 0 Å². The van der Waals surface area contributed by atoms with E-state index in [-0.39, 0.29) is 6.10 Å².